The summed E-state index contributed by atoms with van der Waals surface area (Å²) in [5.74, 6) is 0. The third-order valence-corrected chi connectivity index (χ3v) is 12.6. The van der Waals surface area contributed by atoms with Gasteiger partial charge in [0.05, 0.1) is 20.6 Å². The number of rotatable bonds is 6. The third-order valence-electron chi connectivity index (χ3n) is 10.3. The number of hydrogen-bond acceptors (Lipinski definition) is 5. The number of furan rings is 1. The first-order chi connectivity index (χ1) is 26.8. The van der Waals surface area contributed by atoms with Gasteiger partial charge in [0.1, 0.15) is 16.2 Å². The summed E-state index contributed by atoms with van der Waals surface area (Å²) >= 11 is 3.64. The van der Waals surface area contributed by atoms with Crippen LogP contribution in [0, 0.1) is 0 Å². The number of hydrogen-bond donors (Lipinski definition) is 0. The number of nitrogens with zero attached hydrogens (tertiary/aromatic N) is 2. The fourth-order valence-electron chi connectivity index (χ4n) is 7.78. The first-order valence-electron chi connectivity index (χ1n) is 18.0. The number of anilines is 3. The molecule has 5 heteroatoms. The predicted molar refractivity (Wildman–Crippen MR) is 231 cm³/mol. The standard InChI is InChI=1S/C49H30N2OS2/c1-3-12-31(13-4-1)34-16-9-17-36(30-34)51(35-26-24-32(25-27-35)37-19-10-20-39-38-18-7-8-23-43(38)52-46(37)39)42-22-11-21-40-45-44(53-47(40)42)29-28-41-48(45)54-49(50-41)33-14-5-2-6-15-33/h1-30H. The van der Waals surface area contributed by atoms with Gasteiger partial charge in [0, 0.05) is 48.7 Å². The van der Waals surface area contributed by atoms with Crippen LogP contribution in [-0.2, 0) is 0 Å². The highest BCUT2D eigenvalue weighted by Crippen LogP contribution is 2.48. The summed E-state index contributed by atoms with van der Waals surface area (Å²) in [5, 5.41) is 5.85. The smallest absolute Gasteiger partial charge is 0.143 e. The molecule has 254 valence electrons. The van der Waals surface area contributed by atoms with Crippen molar-refractivity contribution in [1.82, 2.24) is 4.98 Å². The van der Waals surface area contributed by atoms with E-state index in [-0.39, 0.29) is 0 Å². The molecule has 0 aliphatic heterocycles. The Labute approximate surface area is 319 Å². The minimum atomic E-state index is 0.907. The van der Waals surface area contributed by atoms with E-state index in [0.29, 0.717) is 0 Å². The van der Waals surface area contributed by atoms with Crippen LogP contribution < -0.4 is 4.90 Å². The fourth-order valence-corrected chi connectivity index (χ4v) is 10.2. The lowest BCUT2D eigenvalue weighted by molar-refractivity contribution is 0.670. The van der Waals surface area contributed by atoms with E-state index in [4.69, 9.17) is 9.40 Å². The Morgan fingerprint density at radius 3 is 2.02 bits per heavy atom. The van der Waals surface area contributed by atoms with Crippen molar-refractivity contribution in [2.45, 2.75) is 0 Å². The molecular formula is C49H30N2OS2. The predicted octanol–water partition coefficient (Wildman–Crippen LogP) is 15.0. The van der Waals surface area contributed by atoms with Gasteiger partial charge in [0.2, 0.25) is 0 Å². The van der Waals surface area contributed by atoms with Gasteiger partial charge in [-0.25, -0.2) is 4.98 Å². The van der Waals surface area contributed by atoms with E-state index in [1.54, 1.807) is 11.3 Å². The third kappa shape index (κ3) is 5.05. The van der Waals surface area contributed by atoms with Crippen LogP contribution in [0.1, 0.15) is 0 Å². The van der Waals surface area contributed by atoms with Crippen LogP contribution in [0.4, 0.5) is 17.1 Å². The van der Waals surface area contributed by atoms with E-state index in [0.717, 1.165) is 66.2 Å². The minimum absolute atomic E-state index is 0.907. The molecule has 0 saturated carbocycles. The lowest BCUT2D eigenvalue weighted by atomic mass is 10.0. The van der Waals surface area contributed by atoms with Crippen molar-refractivity contribution in [2.75, 3.05) is 4.90 Å². The molecule has 0 atom stereocenters. The van der Waals surface area contributed by atoms with Gasteiger partial charge in [-0.15, -0.1) is 22.7 Å². The normalized spacial score (nSPS) is 11.7. The van der Waals surface area contributed by atoms with E-state index in [1.165, 1.54) is 36.0 Å². The summed E-state index contributed by atoms with van der Waals surface area (Å²) in [6.45, 7) is 0. The Balaban J connectivity index is 1.09. The maximum atomic E-state index is 6.43. The van der Waals surface area contributed by atoms with Crippen LogP contribution in [0.15, 0.2) is 186 Å². The molecule has 54 heavy (non-hydrogen) atoms. The summed E-state index contributed by atoms with van der Waals surface area (Å²) < 4.78 is 10.2. The molecule has 8 aromatic carbocycles. The molecule has 3 heterocycles. The van der Waals surface area contributed by atoms with Gasteiger partial charge in [-0.05, 0) is 65.2 Å². The summed E-state index contributed by atoms with van der Waals surface area (Å²) in [7, 11) is 0. The molecule has 0 spiro atoms. The van der Waals surface area contributed by atoms with Crippen molar-refractivity contribution in [2.24, 2.45) is 0 Å². The quantitative estimate of drug-likeness (QED) is 0.171. The molecule has 0 aliphatic rings. The molecule has 0 saturated heterocycles. The molecule has 0 unspecified atom stereocenters. The highest BCUT2D eigenvalue weighted by atomic mass is 32.1. The van der Waals surface area contributed by atoms with Crippen molar-refractivity contribution in [3.63, 3.8) is 0 Å². The second kappa shape index (κ2) is 12.6. The van der Waals surface area contributed by atoms with Crippen LogP contribution >= 0.6 is 22.7 Å². The lowest BCUT2D eigenvalue weighted by Gasteiger charge is -2.27. The van der Waals surface area contributed by atoms with Gasteiger partial charge in [0.25, 0.3) is 0 Å². The zero-order chi connectivity index (χ0) is 35.6. The van der Waals surface area contributed by atoms with Crippen molar-refractivity contribution in [3.05, 3.63) is 182 Å². The molecule has 0 N–H and O–H groups in total. The van der Waals surface area contributed by atoms with Gasteiger partial charge in [0.15, 0.2) is 0 Å². The number of benzene rings is 8. The summed E-state index contributed by atoms with van der Waals surface area (Å²) in [6, 6.07) is 64.8. The SMILES string of the molecule is c1ccc(-c2cccc(N(c3ccc(-c4cccc5c4oc4ccccc45)cc3)c3cccc4c3sc3ccc5nc(-c6ccccc6)sc5c34)c2)cc1. The Kier molecular flexibility index (Phi) is 7.22. The van der Waals surface area contributed by atoms with Gasteiger partial charge < -0.3 is 9.32 Å². The van der Waals surface area contributed by atoms with E-state index >= 15 is 0 Å². The maximum absolute atomic E-state index is 6.43. The molecule has 3 nitrogen and oxygen atoms in total. The van der Waals surface area contributed by atoms with Gasteiger partial charge in [-0.3, -0.25) is 0 Å². The molecular weight excluding hydrogens is 697 g/mol. The zero-order valence-corrected chi connectivity index (χ0v) is 30.6. The second-order valence-electron chi connectivity index (χ2n) is 13.5. The fraction of sp³-hybridized carbons (Fsp3) is 0. The molecule has 0 bridgehead atoms. The number of fused-ring (bicyclic) bond motifs is 8. The largest absolute Gasteiger partial charge is 0.455 e. The Morgan fingerprint density at radius 2 is 1.17 bits per heavy atom. The average Bonchev–Trinajstić information content (AvgIpc) is 3.96. The second-order valence-corrected chi connectivity index (χ2v) is 15.6. The number of para-hydroxylation sites is 2. The first kappa shape index (κ1) is 31.0. The molecule has 0 aliphatic carbocycles. The van der Waals surface area contributed by atoms with Crippen molar-refractivity contribution in [1.29, 1.82) is 0 Å². The van der Waals surface area contributed by atoms with Crippen molar-refractivity contribution in [3.8, 4) is 32.8 Å². The Hall–Kier alpha value is -6.53. The summed E-state index contributed by atoms with van der Waals surface area (Å²) in [4.78, 5) is 7.49. The Morgan fingerprint density at radius 1 is 0.463 bits per heavy atom. The van der Waals surface area contributed by atoms with Crippen LogP contribution in [0.5, 0.6) is 0 Å². The van der Waals surface area contributed by atoms with E-state index in [2.05, 4.69) is 175 Å². The number of thiophene rings is 1. The van der Waals surface area contributed by atoms with Gasteiger partial charge in [-0.1, -0.05) is 133 Å². The van der Waals surface area contributed by atoms with E-state index in [9.17, 15) is 0 Å². The van der Waals surface area contributed by atoms with Crippen molar-refractivity contribution >= 4 is 92.1 Å². The molecule has 3 aromatic heterocycles. The average molecular weight is 727 g/mol. The number of aromatic nitrogens is 1. The number of thiazole rings is 1. The molecule has 11 rings (SSSR count). The van der Waals surface area contributed by atoms with E-state index < -0.39 is 0 Å². The maximum Gasteiger partial charge on any atom is 0.143 e. The van der Waals surface area contributed by atoms with Crippen LogP contribution in [0.2, 0.25) is 0 Å². The highest BCUT2D eigenvalue weighted by molar-refractivity contribution is 7.28. The molecule has 0 fully saturated rings. The van der Waals surface area contributed by atoms with Crippen LogP contribution in [0.3, 0.4) is 0 Å². The van der Waals surface area contributed by atoms with Crippen LogP contribution in [-0.4, -0.2) is 4.98 Å². The summed E-state index contributed by atoms with van der Waals surface area (Å²) in [5.41, 5.74) is 11.9. The van der Waals surface area contributed by atoms with Gasteiger partial charge >= 0.3 is 0 Å². The minimum Gasteiger partial charge on any atom is -0.455 e. The zero-order valence-electron chi connectivity index (χ0n) is 28.9. The van der Waals surface area contributed by atoms with E-state index in [1.807, 2.05) is 23.5 Å². The Bertz CT molecular complexity index is 3160. The highest BCUT2D eigenvalue weighted by Gasteiger charge is 2.21. The van der Waals surface area contributed by atoms with Crippen LogP contribution in [0.25, 0.3) is 85.2 Å². The van der Waals surface area contributed by atoms with Crippen molar-refractivity contribution < 1.29 is 4.42 Å². The summed E-state index contributed by atoms with van der Waals surface area (Å²) in [6.07, 6.45) is 0. The molecule has 11 aromatic rings. The molecule has 0 amide bonds. The monoisotopic (exact) mass is 726 g/mol. The lowest BCUT2D eigenvalue weighted by Crippen LogP contribution is -2.10. The van der Waals surface area contributed by atoms with Gasteiger partial charge in [-0.2, -0.15) is 0 Å². The topological polar surface area (TPSA) is 29.3 Å². The molecule has 0 radical (unpaired) electrons. The first-order valence-corrected chi connectivity index (χ1v) is 19.7.